The maximum Gasteiger partial charge on any atom is 0.322 e. The van der Waals surface area contributed by atoms with Crippen LogP contribution in [0.1, 0.15) is 40.0 Å². The number of ether oxygens (including phenoxy) is 1. The first-order valence-corrected chi connectivity index (χ1v) is 8.21. The van der Waals surface area contributed by atoms with E-state index in [0.29, 0.717) is 19.3 Å². The van der Waals surface area contributed by atoms with Crippen LogP contribution in [-0.2, 0) is 24.3 Å². The molecule has 0 aliphatic heterocycles. The molecular formula is C12H23NO6S. The molecule has 0 aliphatic carbocycles. The quantitative estimate of drug-likeness (QED) is 0.576. The standard InChI is InChI=1S/C12H23NO6S/c1-4-19-11(14)8-20(17,18)13-10(3)7-5-6-9(2)12(15)16/h9-10,13H,4-8H2,1-3H3,(H,15,16). The highest BCUT2D eigenvalue weighted by molar-refractivity contribution is 7.90. The van der Waals surface area contributed by atoms with Gasteiger partial charge >= 0.3 is 11.9 Å². The van der Waals surface area contributed by atoms with Gasteiger partial charge < -0.3 is 9.84 Å². The van der Waals surface area contributed by atoms with Crippen LogP contribution in [0, 0.1) is 5.92 Å². The number of rotatable bonds is 10. The zero-order valence-electron chi connectivity index (χ0n) is 12.1. The highest BCUT2D eigenvalue weighted by atomic mass is 32.2. The minimum Gasteiger partial charge on any atom is -0.481 e. The molecule has 0 amide bonds. The van der Waals surface area contributed by atoms with Gasteiger partial charge in [0.05, 0.1) is 12.5 Å². The predicted octanol–water partition coefficient (Wildman–Crippen LogP) is 0.748. The Morgan fingerprint density at radius 3 is 2.35 bits per heavy atom. The zero-order chi connectivity index (χ0) is 15.8. The molecule has 2 atom stereocenters. The van der Waals surface area contributed by atoms with E-state index in [4.69, 9.17) is 5.11 Å². The third-order valence-corrected chi connectivity index (χ3v) is 4.07. The summed E-state index contributed by atoms with van der Waals surface area (Å²) in [6, 6.07) is -0.351. The van der Waals surface area contributed by atoms with Crippen molar-refractivity contribution in [1.29, 1.82) is 0 Å². The van der Waals surface area contributed by atoms with Gasteiger partial charge in [-0.3, -0.25) is 9.59 Å². The molecule has 0 radical (unpaired) electrons. The Morgan fingerprint density at radius 1 is 1.25 bits per heavy atom. The first kappa shape index (κ1) is 18.9. The van der Waals surface area contributed by atoms with Crippen LogP contribution >= 0.6 is 0 Å². The van der Waals surface area contributed by atoms with E-state index < -0.39 is 33.6 Å². The normalized spacial score (nSPS) is 14.6. The lowest BCUT2D eigenvalue weighted by Gasteiger charge is -2.14. The van der Waals surface area contributed by atoms with Crippen LogP contribution in [0.25, 0.3) is 0 Å². The molecule has 118 valence electrons. The number of hydrogen-bond donors (Lipinski definition) is 2. The molecule has 20 heavy (non-hydrogen) atoms. The van der Waals surface area contributed by atoms with Crippen LogP contribution in [0.15, 0.2) is 0 Å². The summed E-state index contributed by atoms with van der Waals surface area (Å²) in [6.07, 6.45) is 1.59. The molecule has 0 aromatic heterocycles. The van der Waals surface area contributed by atoms with E-state index in [2.05, 4.69) is 9.46 Å². The molecular weight excluding hydrogens is 286 g/mol. The van der Waals surface area contributed by atoms with Gasteiger partial charge in [-0.05, 0) is 26.7 Å². The van der Waals surface area contributed by atoms with Crippen LogP contribution in [0.4, 0.5) is 0 Å². The smallest absolute Gasteiger partial charge is 0.322 e. The van der Waals surface area contributed by atoms with Crippen molar-refractivity contribution in [1.82, 2.24) is 4.72 Å². The molecule has 2 N–H and O–H groups in total. The van der Waals surface area contributed by atoms with Crippen LogP contribution < -0.4 is 4.72 Å². The van der Waals surface area contributed by atoms with Crippen molar-refractivity contribution in [2.75, 3.05) is 12.4 Å². The first-order chi connectivity index (χ1) is 9.18. The molecule has 7 nitrogen and oxygen atoms in total. The van der Waals surface area contributed by atoms with E-state index in [0.717, 1.165) is 0 Å². The third kappa shape index (κ3) is 8.87. The molecule has 0 spiro atoms. The topological polar surface area (TPSA) is 110 Å². The molecule has 8 heteroatoms. The van der Waals surface area contributed by atoms with Gasteiger partial charge in [0.1, 0.15) is 0 Å². The molecule has 0 saturated carbocycles. The molecule has 0 rings (SSSR count). The summed E-state index contributed by atoms with van der Waals surface area (Å²) in [6.45, 7) is 5.02. The molecule has 0 aromatic rings. The minimum absolute atomic E-state index is 0.136. The molecule has 0 heterocycles. The summed E-state index contributed by atoms with van der Waals surface area (Å²) in [5, 5.41) is 8.72. The summed E-state index contributed by atoms with van der Waals surface area (Å²) in [5.74, 6) is -2.79. The number of carbonyl (C=O) groups is 2. The second-order valence-electron chi connectivity index (χ2n) is 4.75. The number of nitrogens with one attached hydrogen (secondary N) is 1. The Balaban J connectivity index is 4.09. The zero-order valence-corrected chi connectivity index (χ0v) is 12.9. The number of esters is 1. The molecule has 0 aliphatic rings. The maximum atomic E-state index is 11.6. The average Bonchev–Trinajstić information content (AvgIpc) is 2.26. The van der Waals surface area contributed by atoms with E-state index in [1.54, 1.807) is 20.8 Å². The Kier molecular flexibility index (Phi) is 8.40. The van der Waals surface area contributed by atoms with Crippen LogP contribution in [-0.4, -0.2) is 43.9 Å². The second-order valence-corrected chi connectivity index (χ2v) is 6.51. The predicted molar refractivity (Wildman–Crippen MR) is 73.7 cm³/mol. The van der Waals surface area contributed by atoms with E-state index in [9.17, 15) is 18.0 Å². The van der Waals surface area contributed by atoms with Gasteiger partial charge in [0.15, 0.2) is 5.75 Å². The van der Waals surface area contributed by atoms with Crippen molar-refractivity contribution in [2.24, 2.45) is 5.92 Å². The number of carbonyl (C=O) groups excluding carboxylic acids is 1. The van der Waals surface area contributed by atoms with Gasteiger partial charge in [0, 0.05) is 6.04 Å². The Hall–Kier alpha value is -1.15. The molecule has 0 aromatic carbocycles. The van der Waals surface area contributed by atoms with Crippen molar-refractivity contribution in [3.8, 4) is 0 Å². The van der Waals surface area contributed by atoms with Crippen LogP contribution in [0.2, 0.25) is 0 Å². The molecule has 2 unspecified atom stereocenters. The average molecular weight is 309 g/mol. The third-order valence-electron chi connectivity index (χ3n) is 2.69. The second kappa shape index (κ2) is 8.91. The molecule has 0 bridgehead atoms. The van der Waals surface area contributed by atoms with E-state index in [1.807, 2.05) is 0 Å². The summed E-state index contributed by atoms with van der Waals surface area (Å²) in [5.41, 5.74) is 0. The highest BCUT2D eigenvalue weighted by Gasteiger charge is 2.20. The largest absolute Gasteiger partial charge is 0.481 e. The summed E-state index contributed by atoms with van der Waals surface area (Å²) < 4.78 is 30.2. The number of carboxylic acids is 1. The fraction of sp³-hybridized carbons (Fsp3) is 0.833. The SMILES string of the molecule is CCOC(=O)CS(=O)(=O)NC(C)CCCC(C)C(=O)O. The Labute approximate surface area is 119 Å². The van der Waals surface area contributed by atoms with E-state index >= 15 is 0 Å². The van der Waals surface area contributed by atoms with Gasteiger partial charge in [-0.1, -0.05) is 13.3 Å². The van der Waals surface area contributed by atoms with Crippen molar-refractivity contribution in [3.63, 3.8) is 0 Å². The van der Waals surface area contributed by atoms with Gasteiger partial charge in [0.2, 0.25) is 10.0 Å². The number of sulfonamides is 1. The maximum absolute atomic E-state index is 11.6. The van der Waals surface area contributed by atoms with Crippen molar-refractivity contribution in [3.05, 3.63) is 0 Å². The van der Waals surface area contributed by atoms with Crippen LogP contribution in [0.3, 0.4) is 0 Å². The summed E-state index contributed by atoms with van der Waals surface area (Å²) >= 11 is 0. The van der Waals surface area contributed by atoms with Crippen LogP contribution in [0.5, 0.6) is 0 Å². The van der Waals surface area contributed by atoms with Gasteiger partial charge in [-0.2, -0.15) is 0 Å². The number of carboxylic acid groups (broad SMARTS) is 1. The minimum atomic E-state index is -3.71. The Morgan fingerprint density at radius 2 is 1.85 bits per heavy atom. The lowest BCUT2D eigenvalue weighted by Crippen LogP contribution is -2.37. The van der Waals surface area contributed by atoms with Crippen molar-refractivity contribution < 1.29 is 27.9 Å². The number of aliphatic carboxylic acids is 1. The summed E-state index contributed by atoms with van der Waals surface area (Å²) in [4.78, 5) is 21.7. The monoisotopic (exact) mass is 309 g/mol. The van der Waals surface area contributed by atoms with Gasteiger partial charge in [-0.15, -0.1) is 0 Å². The van der Waals surface area contributed by atoms with Gasteiger partial charge in [-0.25, -0.2) is 13.1 Å². The lowest BCUT2D eigenvalue weighted by atomic mass is 10.0. The fourth-order valence-corrected chi connectivity index (χ4v) is 2.83. The molecule has 0 saturated heterocycles. The Bertz CT molecular complexity index is 420. The summed E-state index contributed by atoms with van der Waals surface area (Å²) in [7, 11) is -3.71. The van der Waals surface area contributed by atoms with Gasteiger partial charge in [0.25, 0.3) is 0 Å². The lowest BCUT2D eigenvalue weighted by molar-refractivity contribution is -0.141. The molecule has 0 fully saturated rings. The van der Waals surface area contributed by atoms with Crippen molar-refractivity contribution in [2.45, 2.75) is 46.1 Å². The van der Waals surface area contributed by atoms with E-state index in [-0.39, 0.29) is 12.6 Å². The van der Waals surface area contributed by atoms with E-state index in [1.165, 1.54) is 0 Å². The highest BCUT2D eigenvalue weighted by Crippen LogP contribution is 2.10. The van der Waals surface area contributed by atoms with Crippen molar-refractivity contribution >= 4 is 22.0 Å². The first-order valence-electron chi connectivity index (χ1n) is 6.56. The fourth-order valence-electron chi connectivity index (χ4n) is 1.62. The number of hydrogen-bond acceptors (Lipinski definition) is 5.